The maximum absolute atomic E-state index is 12.7. The van der Waals surface area contributed by atoms with Crippen LogP contribution in [0.15, 0.2) is 30.3 Å². The molecule has 1 aromatic carbocycles. The van der Waals surface area contributed by atoms with E-state index in [0.29, 0.717) is 32.1 Å². The molecule has 0 radical (unpaired) electrons. The zero-order valence-corrected chi connectivity index (χ0v) is 13.9. The molecular formula is C16H25N3O2S. The molecule has 122 valence electrons. The van der Waals surface area contributed by atoms with Crippen LogP contribution in [0.3, 0.4) is 0 Å². The first-order valence-electron chi connectivity index (χ1n) is 7.98. The van der Waals surface area contributed by atoms with Crippen molar-refractivity contribution in [1.82, 2.24) is 8.61 Å². The molecular weight excluding hydrogens is 298 g/mol. The van der Waals surface area contributed by atoms with Gasteiger partial charge >= 0.3 is 0 Å². The molecule has 6 heteroatoms. The van der Waals surface area contributed by atoms with Crippen molar-refractivity contribution in [3.63, 3.8) is 0 Å². The van der Waals surface area contributed by atoms with Gasteiger partial charge in [-0.25, -0.2) is 0 Å². The molecule has 1 saturated heterocycles. The first kappa shape index (κ1) is 15.9. The third-order valence-corrected chi connectivity index (χ3v) is 6.76. The van der Waals surface area contributed by atoms with Crippen LogP contribution in [0.1, 0.15) is 24.3 Å². The Hall–Kier alpha value is -0.950. The molecule has 1 aliphatic carbocycles. The van der Waals surface area contributed by atoms with Crippen LogP contribution < -0.4 is 5.73 Å². The lowest BCUT2D eigenvalue weighted by atomic mass is 9.89. The summed E-state index contributed by atoms with van der Waals surface area (Å²) in [6, 6.07) is 10.1. The van der Waals surface area contributed by atoms with E-state index in [1.165, 1.54) is 9.87 Å². The van der Waals surface area contributed by atoms with Gasteiger partial charge in [-0.3, -0.25) is 0 Å². The molecule has 5 nitrogen and oxygen atoms in total. The Morgan fingerprint density at radius 2 is 1.91 bits per heavy atom. The zero-order valence-electron chi connectivity index (χ0n) is 13.1. The van der Waals surface area contributed by atoms with Crippen molar-refractivity contribution < 1.29 is 8.42 Å². The van der Waals surface area contributed by atoms with Crippen LogP contribution in [0.5, 0.6) is 0 Å². The summed E-state index contributed by atoms with van der Waals surface area (Å²) < 4.78 is 28.6. The Morgan fingerprint density at radius 1 is 1.23 bits per heavy atom. The van der Waals surface area contributed by atoms with Crippen LogP contribution in [0.2, 0.25) is 0 Å². The van der Waals surface area contributed by atoms with E-state index in [9.17, 15) is 8.42 Å². The highest BCUT2D eigenvalue weighted by Gasteiger charge is 2.41. The van der Waals surface area contributed by atoms with Crippen molar-refractivity contribution in [3.05, 3.63) is 35.9 Å². The van der Waals surface area contributed by atoms with Gasteiger partial charge in [0.05, 0.1) is 0 Å². The van der Waals surface area contributed by atoms with Gasteiger partial charge in [-0.1, -0.05) is 30.3 Å². The molecule has 2 aliphatic rings. The Labute approximate surface area is 133 Å². The lowest BCUT2D eigenvalue weighted by Gasteiger charge is -2.24. The normalized spacial score (nSPS) is 26.7. The minimum Gasteiger partial charge on any atom is -0.330 e. The third kappa shape index (κ3) is 3.20. The zero-order chi connectivity index (χ0) is 15.7. The molecule has 0 spiro atoms. The van der Waals surface area contributed by atoms with E-state index in [1.807, 2.05) is 18.2 Å². The highest BCUT2D eigenvalue weighted by Crippen LogP contribution is 2.35. The van der Waals surface area contributed by atoms with Crippen molar-refractivity contribution in [2.45, 2.75) is 18.8 Å². The number of benzene rings is 1. The molecule has 2 atom stereocenters. The first-order chi connectivity index (χ1) is 10.5. The second-order valence-corrected chi connectivity index (χ2v) is 8.60. The summed E-state index contributed by atoms with van der Waals surface area (Å²) in [5.74, 6) is 0.930. The maximum atomic E-state index is 12.7. The van der Waals surface area contributed by atoms with E-state index in [-0.39, 0.29) is 11.8 Å². The van der Waals surface area contributed by atoms with E-state index >= 15 is 0 Å². The second kappa shape index (κ2) is 6.28. The lowest BCUT2D eigenvalue weighted by molar-refractivity contribution is 0.380. The fourth-order valence-electron chi connectivity index (χ4n) is 3.29. The van der Waals surface area contributed by atoms with E-state index in [0.717, 1.165) is 12.8 Å². The first-order valence-corrected chi connectivity index (χ1v) is 9.38. The standard InChI is InChI=1S/C16H25N3O2S/c1-18(10-13-7-8-13)22(20,21)19-11-15(9-17)16(12-19)14-5-3-2-4-6-14/h2-6,13,15-16H,7-12,17H2,1H3/t15-,16+/m1/s1. The summed E-state index contributed by atoms with van der Waals surface area (Å²) in [5.41, 5.74) is 7.08. The van der Waals surface area contributed by atoms with E-state index in [1.54, 1.807) is 11.4 Å². The largest absolute Gasteiger partial charge is 0.330 e. The summed E-state index contributed by atoms with van der Waals surface area (Å²) in [4.78, 5) is 0. The predicted octanol–water partition coefficient (Wildman–Crippen LogP) is 1.25. The Bertz CT molecular complexity index is 601. The van der Waals surface area contributed by atoms with Gasteiger partial charge in [0.15, 0.2) is 0 Å². The van der Waals surface area contributed by atoms with Gasteiger partial charge in [-0.05, 0) is 36.8 Å². The summed E-state index contributed by atoms with van der Waals surface area (Å²) >= 11 is 0. The van der Waals surface area contributed by atoms with Gasteiger partial charge in [0.1, 0.15) is 0 Å². The summed E-state index contributed by atoms with van der Waals surface area (Å²) in [6.07, 6.45) is 2.30. The third-order valence-electron chi connectivity index (χ3n) is 4.87. The van der Waals surface area contributed by atoms with Crippen LogP contribution in [-0.2, 0) is 10.2 Å². The van der Waals surface area contributed by atoms with Gasteiger partial charge in [-0.2, -0.15) is 17.0 Å². The van der Waals surface area contributed by atoms with E-state index in [4.69, 9.17) is 5.73 Å². The number of nitrogens with zero attached hydrogens (tertiary/aromatic N) is 2. The maximum Gasteiger partial charge on any atom is 0.281 e. The van der Waals surface area contributed by atoms with Crippen LogP contribution in [0.25, 0.3) is 0 Å². The van der Waals surface area contributed by atoms with E-state index in [2.05, 4.69) is 12.1 Å². The monoisotopic (exact) mass is 323 g/mol. The SMILES string of the molecule is CN(CC1CC1)S(=O)(=O)N1C[C@@H](CN)[C@H](c2ccccc2)C1. The van der Waals surface area contributed by atoms with Crippen molar-refractivity contribution in [2.24, 2.45) is 17.6 Å². The highest BCUT2D eigenvalue weighted by atomic mass is 32.2. The molecule has 22 heavy (non-hydrogen) atoms. The molecule has 2 N–H and O–H groups in total. The van der Waals surface area contributed by atoms with Gasteiger partial charge in [0.25, 0.3) is 10.2 Å². The minimum atomic E-state index is -3.37. The van der Waals surface area contributed by atoms with E-state index < -0.39 is 10.2 Å². The van der Waals surface area contributed by atoms with Crippen molar-refractivity contribution >= 4 is 10.2 Å². The smallest absolute Gasteiger partial charge is 0.281 e. The second-order valence-electron chi connectivity index (χ2n) is 6.56. The predicted molar refractivity (Wildman–Crippen MR) is 87.6 cm³/mol. The Balaban J connectivity index is 1.75. The number of nitrogens with two attached hydrogens (primary N) is 1. The van der Waals surface area contributed by atoms with Crippen LogP contribution in [0, 0.1) is 11.8 Å². The fraction of sp³-hybridized carbons (Fsp3) is 0.625. The van der Waals surface area contributed by atoms with Crippen LogP contribution in [0.4, 0.5) is 0 Å². The average Bonchev–Trinajstić information content (AvgIpc) is 3.22. The lowest BCUT2D eigenvalue weighted by Crippen LogP contribution is -2.41. The molecule has 0 unspecified atom stereocenters. The summed E-state index contributed by atoms with van der Waals surface area (Å²) in [7, 11) is -1.67. The molecule has 0 bridgehead atoms. The van der Waals surface area contributed by atoms with Crippen molar-refractivity contribution in [2.75, 3.05) is 33.2 Å². The fourth-order valence-corrected chi connectivity index (χ4v) is 4.81. The number of hydrogen-bond donors (Lipinski definition) is 1. The molecule has 0 aromatic heterocycles. The number of hydrogen-bond acceptors (Lipinski definition) is 3. The molecule has 1 aromatic rings. The molecule has 3 rings (SSSR count). The average molecular weight is 323 g/mol. The van der Waals surface area contributed by atoms with Gasteiger partial charge in [0, 0.05) is 32.6 Å². The Kier molecular flexibility index (Phi) is 4.54. The minimum absolute atomic E-state index is 0.187. The van der Waals surface area contributed by atoms with Gasteiger partial charge in [-0.15, -0.1) is 0 Å². The summed E-state index contributed by atoms with van der Waals surface area (Å²) in [5, 5.41) is 0. The highest BCUT2D eigenvalue weighted by molar-refractivity contribution is 7.86. The molecule has 2 fully saturated rings. The summed E-state index contributed by atoms with van der Waals surface area (Å²) in [6.45, 7) is 2.21. The molecule has 1 heterocycles. The van der Waals surface area contributed by atoms with Crippen molar-refractivity contribution in [1.29, 1.82) is 0 Å². The number of rotatable bonds is 6. The molecule has 0 amide bonds. The van der Waals surface area contributed by atoms with Gasteiger partial charge in [0.2, 0.25) is 0 Å². The van der Waals surface area contributed by atoms with Gasteiger partial charge < -0.3 is 5.73 Å². The molecule has 1 saturated carbocycles. The van der Waals surface area contributed by atoms with Crippen molar-refractivity contribution in [3.8, 4) is 0 Å². The van der Waals surface area contributed by atoms with Crippen LogP contribution in [-0.4, -0.2) is 50.3 Å². The Morgan fingerprint density at radius 3 is 2.50 bits per heavy atom. The quantitative estimate of drug-likeness (QED) is 0.857. The van der Waals surface area contributed by atoms with Crippen LogP contribution >= 0.6 is 0 Å². The topological polar surface area (TPSA) is 66.6 Å². The molecule has 1 aliphatic heterocycles.